The number of hydrogen-bond donors (Lipinski definition) is 2. The molecule has 2 aromatic rings. The minimum absolute atomic E-state index is 0.570. The molecule has 2 heterocycles. The van der Waals surface area contributed by atoms with Crippen molar-refractivity contribution in [2.45, 2.75) is 6.42 Å². The molecule has 1 aliphatic heterocycles. The molecule has 19 heavy (non-hydrogen) atoms. The molecule has 0 unspecified atom stereocenters. The van der Waals surface area contributed by atoms with Gasteiger partial charge >= 0.3 is 0 Å². The summed E-state index contributed by atoms with van der Waals surface area (Å²) in [6.07, 6.45) is 0.725. The van der Waals surface area contributed by atoms with E-state index in [-0.39, 0.29) is 0 Å². The third-order valence-corrected chi connectivity index (χ3v) is 3.48. The topological polar surface area (TPSA) is 73.2 Å². The Bertz CT molecular complexity index is 598. The van der Waals surface area contributed by atoms with Gasteiger partial charge in [-0.25, -0.2) is 4.98 Å². The van der Waals surface area contributed by atoms with Crippen molar-refractivity contribution in [2.75, 3.05) is 19.8 Å². The van der Waals surface area contributed by atoms with Crippen LogP contribution >= 0.6 is 15.9 Å². The summed E-state index contributed by atoms with van der Waals surface area (Å²) in [4.78, 5) is 7.72. The number of nitrogens with two attached hydrogens (primary N) is 1. The van der Waals surface area contributed by atoms with Gasteiger partial charge in [-0.15, -0.1) is 0 Å². The molecule has 0 bridgehead atoms. The number of ether oxygens (including phenoxy) is 2. The van der Waals surface area contributed by atoms with Crippen molar-refractivity contribution >= 4 is 15.9 Å². The number of halogens is 1. The lowest BCUT2D eigenvalue weighted by atomic mass is 10.1. The highest BCUT2D eigenvalue weighted by molar-refractivity contribution is 9.10. The van der Waals surface area contributed by atoms with E-state index < -0.39 is 0 Å². The fourth-order valence-corrected chi connectivity index (χ4v) is 2.58. The lowest BCUT2D eigenvalue weighted by Crippen LogP contribution is -2.15. The summed E-state index contributed by atoms with van der Waals surface area (Å²) in [7, 11) is 0. The Labute approximate surface area is 119 Å². The Morgan fingerprint density at radius 1 is 1.26 bits per heavy atom. The molecular weight excluding hydrogens is 310 g/mol. The Morgan fingerprint density at radius 2 is 2.05 bits per heavy atom. The predicted molar refractivity (Wildman–Crippen MR) is 75.5 cm³/mol. The molecule has 0 spiro atoms. The van der Waals surface area contributed by atoms with Crippen molar-refractivity contribution in [3.05, 3.63) is 28.6 Å². The van der Waals surface area contributed by atoms with E-state index in [1.807, 2.05) is 18.2 Å². The van der Waals surface area contributed by atoms with Crippen LogP contribution in [0.1, 0.15) is 5.82 Å². The van der Waals surface area contributed by atoms with Crippen molar-refractivity contribution in [1.29, 1.82) is 0 Å². The number of H-pyrrole nitrogens is 1. The molecule has 0 saturated heterocycles. The molecule has 1 aromatic carbocycles. The first-order valence-corrected chi connectivity index (χ1v) is 6.91. The van der Waals surface area contributed by atoms with Crippen molar-refractivity contribution in [3.63, 3.8) is 0 Å². The Morgan fingerprint density at radius 3 is 2.84 bits per heavy atom. The zero-order valence-corrected chi connectivity index (χ0v) is 11.9. The van der Waals surface area contributed by atoms with E-state index in [0.717, 1.165) is 39.6 Å². The number of aromatic nitrogens is 2. The number of imidazole rings is 1. The number of nitrogens with one attached hydrogen (secondary N) is 1. The molecule has 100 valence electrons. The van der Waals surface area contributed by atoms with Crippen LogP contribution in [0, 0.1) is 0 Å². The van der Waals surface area contributed by atoms with Crippen LogP contribution in [-0.2, 0) is 6.42 Å². The van der Waals surface area contributed by atoms with Gasteiger partial charge in [-0.05, 0) is 40.7 Å². The summed E-state index contributed by atoms with van der Waals surface area (Å²) in [6.45, 7) is 1.75. The highest BCUT2D eigenvalue weighted by Gasteiger charge is 2.15. The zero-order chi connectivity index (χ0) is 13.2. The normalized spacial score (nSPS) is 13.6. The summed E-state index contributed by atoms with van der Waals surface area (Å²) in [5, 5.41) is 0. The number of nitrogens with zero attached hydrogens (tertiary/aromatic N) is 1. The largest absolute Gasteiger partial charge is 0.486 e. The van der Waals surface area contributed by atoms with Crippen LogP contribution in [0.3, 0.4) is 0 Å². The van der Waals surface area contributed by atoms with E-state index in [4.69, 9.17) is 15.2 Å². The molecule has 3 N–H and O–H groups in total. The molecule has 0 amide bonds. The molecule has 0 aliphatic carbocycles. The lowest BCUT2D eigenvalue weighted by molar-refractivity contribution is 0.171. The second kappa shape index (κ2) is 5.22. The Hall–Kier alpha value is -1.53. The van der Waals surface area contributed by atoms with Gasteiger partial charge in [-0.3, -0.25) is 0 Å². The van der Waals surface area contributed by atoms with E-state index >= 15 is 0 Å². The molecule has 5 nitrogen and oxygen atoms in total. The average molecular weight is 324 g/mol. The highest BCUT2D eigenvalue weighted by atomic mass is 79.9. The fourth-order valence-electron chi connectivity index (χ4n) is 2.03. The van der Waals surface area contributed by atoms with Gasteiger partial charge in [0.05, 0.1) is 0 Å². The van der Waals surface area contributed by atoms with Crippen LogP contribution in [0.25, 0.3) is 11.3 Å². The molecule has 0 atom stereocenters. The van der Waals surface area contributed by atoms with Gasteiger partial charge in [0.1, 0.15) is 29.3 Å². The second-order valence-corrected chi connectivity index (χ2v) is 5.04. The number of fused-ring (bicyclic) bond motifs is 1. The maximum absolute atomic E-state index is 5.58. The maximum Gasteiger partial charge on any atom is 0.162 e. The smallest absolute Gasteiger partial charge is 0.162 e. The first-order valence-electron chi connectivity index (χ1n) is 6.12. The zero-order valence-electron chi connectivity index (χ0n) is 10.3. The quantitative estimate of drug-likeness (QED) is 0.907. The summed E-state index contributed by atoms with van der Waals surface area (Å²) in [5.41, 5.74) is 7.38. The summed E-state index contributed by atoms with van der Waals surface area (Å²) in [5.74, 6) is 2.42. The molecule has 0 fully saturated rings. The van der Waals surface area contributed by atoms with Gasteiger partial charge in [0.25, 0.3) is 0 Å². The molecule has 3 rings (SSSR count). The Balaban J connectivity index is 1.97. The minimum atomic E-state index is 0.570. The van der Waals surface area contributed by atoms with Crippen molar-refractivity contribution < 1.29 is 9.47 Å². The molecule has 0 saturated carbocycles. The second-order valence-electron chi connectivity index (χ2n) is 4.24. The highest BCUT2D eigenvalue weighted by Crippen LogP contribution is 2.35. The van der Waals surface area contributed by atoms with Crippen LogP contribution in [0.2, 0.25) is 0 Å². The summed E-state index contributed by atoms with van der Waals surface area (Å²) < 4.78 is 11.9. The average Bonchev–Trinajstić information content (AvgIpc) is 2.79. The standard InChI is InChI=1S/C13H14BrN3O2/c14-13-12(16-11(17-13)3-4-15)8-1-2-9-10(7-8)19-6-5-18-9/h1-2,7H,3-6,15H2,(H,16,17). The van der Waals surface area contributed by atoms with Crippen molar-refractivity contribution in [2.24, 2.45) is 5.73 Å². The predicted octanol–water partition coefficient (Wildman–Crippen LogP) is 2.11. The Kier molecular flexibility index (Phi) is 3.44. The summed E-state index contributed by atoms with van der Waals surface area (Å²) in [6, 6.07) is 5.83. The molecule has 0 radical (unpaired) electrons. The van der Waals surface area contributed by atoms with Gasteiger partial charge in [0, 0.05) is 12.0 Å². The number of rotatable bonds is 3. The van der Waals surface area contributed by atoms with E-state index in [2.05, 4.69) is 25.9 Å². The first kappa shape index (κ1) is 12.5. The molecule has 6 heteroatoms. The maximum atomic E-state index is 5.58. The van der Waals surface area contributed by atoms with Gasteiger partial charge in [-0.1, -0.05) is 0 Å². The van der Waals surface area contributed by atoms with Crippen LogP contribution in [-0.4, -0.2) is 29.7 Å². The minimum Gasteiger partial charge on any atom is -0.486 e. The number of hydrogen-bond acceptors (Lipinski definition) is 4. The first-order chi connectivity index (χ1) is 9.28. The van der Waals surface area contributed by atoms with Gasteiger partial charge in [0.2, 0.25) is 0 Å². The van der Waals surface area contributed by atoms with Crippen molar-refractivity contribution in [1.82, 2.24) is 9.97 Å². The van der Waals surface area contributed by atoms with Crippen LogP contribution in [0.15, 0.2) is 22.8 Å². The van der Waals surface area contributed by atoms with Crippen LogP contribution in [0.5, 0.6) is 11.5 Å². The molecule has 1 aromatic heterocycles. The van der Waals surface area contributed by atoms with E-state index in [1.165, 1.54) is 0 Å². The SMILES string of the molecule is NCCc1nc(-c2ccc3c(c2)OCCO3)c(Br)[nH]1. The number of aromatic amines is 1. The van der Waals surface area contributed by atoms with E-state index in [9.17, 15) is 0 Å². The van der Waals surface area contributed by atoms with Crippen LogP contribution in [0.4, 0.5) is 0 Å². The van der Waals surface area contributed by atoms with Gasteiger partial charge in [0.15, 0.2) is 11.5 Å². The lowest BCUT2D eigenvalue weighted by Gasteiger charge is -2.18. The van der Waals surface area contributed by atoms with Crippen molar-refractivity contribution in [3.8, 4) is 22.8 Å². The third-order valence-electron chi connectivity index (χ3n) is 2.91. The number of benzene rings is 1. The molecule has 1 aliphatic rings. The van der Waals surface area contributed by atoms with Crippen LogP contribution < -0.4 is 15.2 Å². The third kappa shape index (κ3) is 2.46. The van der Waals surface area contributed by atoms with Gasteiger partial charge < -0.3 is 20.2 Å². The van der Waals surface area contributed by atoms with E-state index in [0.29, 0.717) is 19.8 Å². The van der Waals surface area contributed by atoms with Gasteiger partial charge in [-0.2, -0.15) is 0 Å². The molecular formula is C13H14BrN3O2. The monoisotopic (exact) mass is 323 g/mol. The van der Waals surface area contributed by atoms with E-state index in [1.54, 1.807) is 0 Å². The fraction of sp³-hybridized carbons (Fsp3) is 0.308. The summed E-state index contributed by atoms with van der Waals surface area (Å²) >= 11 is 3.49.